The largest absolute Gasteiger partial charge is 0.478 e. The minimum atomic E-state index is -0.894. The van der Waals surface area contributed by atoms with E-state index >= 15 is 0 Å². The van der Waals surface area contributed by atoms with E-state index in [-0.39, 0.29) is 12.4 Å². The molecule has 5 heteroatoms. The van der Waals surface area contributed by atoms with Crippen molar-refractivity contribution in [3.05, 3.63) is 59.7 Å². The number of carboxylic acid groups (broad SMARTS) is 1. The smallest absolute Gasteiger partial charge is 0.335 e. The number of benzene rings is 2. The van der Waals surface area contributed by atoms with Crippen LogP contribution in [-0.4, -0.2) is 30.1 Å². The first-order valence-corrected chi connectivity index (χ1v) is 7.12. The zero-order chi connectivity index (χ0) is 14.5. The van der Waals surface area contributed by atoms with E-state index < -0.39 is 5.97 Å². The third-order valence-corrected chi connectivity index (χ3v) is 3.91. The zero-order valence-corrected chi connectivity index (χ0v) is 13.6. The van der Waals surface area contributed by atoms with Crippen LogP contribution in [0.15, 0.2) is 58.3 Å². The molecule has 1 N–H and O–H groups in total. The Kier molecular flexibility index (Phi) is 6.75. The first kappa shape index (κ1) is 17.6. The van der Waals surface area contributed by atoms with Crippen LogP contribution in [-0.2, 0) is 6.54 Å². The molecule has 0 unspecified atom stereocenters. The Morgan fingerprint density at radius 1 is 1.10 bits per heavy atom. The number of carbonyl (C=O) groups is 1. The molecule has 0 aliphatic heterocycles. The standard InChI is InChI=1S/C16H17NO2S.ClH/c1-17(2)11-13-5-3-4-6-15(13)20-14-9-7-12(8-10-14)16(18)19;/h3-10H,11H2,1-2H3,(H,18,19);1H. The first-order chi connectivity index (χ1) is 9.56. The molecular weight excluding hydrogens is 306 g/mol. The number of halogens is 1. The van der Waals surface area contributed by atoms with Crippen LogP contribution in [0.5, 0.6) is 0 Å². The summed E-state index contributed by atoms with van der Waals surface area (Å²) in [5, 5.41) is 8.90. The summed E-state index contributed by atoms with van der Waals surface area (Å²) in [6.45, 7) is 0.885. The molecule has 0 aliphatic rings. The number of hydrogen-bond acceptors (Lipinski definition) is 3. The lowest BCUT2D eigenvalue weighted by Crippen LogP contribution is -2.11. The maximum absolute atomic E-state index is 10.8. The van der Waals surface area contributed by atoms with E-state index in [1.54, 1.807) is 23.9 Å². The predicted molar refractivity (Wildman–Crippen MR) is 88.6 cm³/mol. The molecule has 0 atom stereocenters. The summed E-state index contributed by atoms with van der Waals surface area (Å²) in [4.78, 5) is 15.2. The first-order valence-electron chi connectivity index (χ1n) is 6.30. The van der Waals surface area contributed by atoms with E-state index in [1.807, 2.05) is 38.4 Å². The predicted octanol–water partition coefficient (Wildman–Crippen LogP) is 4.02. The minimum Gasteiger partial charge on any atom is -0.478 e. The van der Waals surface area contributed by atoms with Crippen LogP contribution in [0, 0.1) is 0 Å². The summed E-state index contributed by atoms with van der Waals surface area (Å²) in [6.07, 6.45) is 0. The maximum atomic E-state index is 10.8. The summed E-state index contributed by atoms with van der Waals surface area (Å²) in [6, 6.07) is 15.2. The van der Waals surface area contributed by atoms with Crippen LogP contribution < -0.4 is 0 Å². The monoisotopic (exact) mass is 323 g/mol. The Hall–Kier alpha value is -1.49. The third kappa shape index (κ3) is 5.08. The number of carboxylic acids is 1. The van der Waals surface area contributed by atoms with E-state index in [2.05, 4.69) is 17.0 Å². The molecule has 0 bridgehead atoms. The highest BCUT2D eigenvalue weighted by atomic mass is 35.5. The lowest BCUT2D eigenvalue weighted by Gasteiger charge is -2.13. The Bertz CT molecular complexity index is 599. The van der Waals surface area contributed by atoms with Gasteiger partial charge in [-0.15, -0.1) is 12.4 Å². The van der Waals surface area contributed by atoms with Crippen LogP contribution in [0.4, 0.5) is 0 Å². The molecule has 112 valence electrons. The summed E-state index contributed by atoms with van der Waals surface area (Å²) in [5.41, 5.74) is 1.58. The van der Waals surface area contributed by atoms with Crippen molar-refractivity contribution in [3.63, 3.8) is 0 Å². The molecule has 0 aliphatic carbocycles. The van der Waals surface area contributed by atoms with Gasteiger partial charge in [0.05, 0.1) is 5.56 Å². The van der Waals surface area contributed by atoms with Gasteiger partial charge in [0, 0.05) is 16.3 Å². The van der Waals surface area contributed by atoms with Crippen molar-refractivity contribution in [1.82, 2.24) is 4.90 Å². The lowest BCUT2D eigenvalue weighted by molar-refractivity contribution is 0.0697. The van der Waals surface area contributed by atoms with Gasteiger partial charge in [0.2, 0.25) is 0 Å². The molecule has 0 radical (unpaired) electrons. The molecule has 0 saturated heterocycles. The summed E-state index contributed by atoms with van der Waals surface area (Å²) in [7, 11) is 4.09. The SMILES string of the molecule is CN(C)Cc1ccccc1Sc1ccc(C(=O)O)cc1.Cl. The highest BCUT2D eigenvalue weighted by Crippen LogP contribution is 2.31. The van der Waals surface area contributed by atoms with Crippen molar-refractivity contribution < 1.29 is 9.90 Å². The maximum Gasteiger partial charge on any atom is 0.335 e. The van der Waals surface area contributed by atoms with Crippen molar-refractivity contribution in [2.75, 3.05) is 14.1 Å². The third-order valence-electron chi connectivity index (χ3n) is 2.79. The van der Waals surface area contributed by atoms with E-state index in [0.717, 1.165) is 11.4 Å². The molecular formula is C16H18ClNO2S. The summed E-state index contributed by atoms with van der Waals surface area (Å²) in [5.74, 6) is -0.894. The highest BCUT2D eigenvalue weighted by Gasteiger charge is 2.06. The molecule has 21 heavy (non-hydrogen) atoms. The highest BCUT2D eigenvalue weighted by molar-refractivity contribution is 7.99. The van der Waals surface area contributed by atoms with Crippen molar-refractivity contribution in [1.29, 1.82) is 0 Å². The van der Waals surface area contributed by atoms with Crippen molar-refractivity contribution in [2.24, 2.45) is 0 Å². The van der Waals surface area contributed by atoms with Crippen molar-refractivity contribution in [3.8, 4) is 0 Å². The minimum absolute atomic E-state index is 0. The van der Waals surface area contributed by atoms with Crippen LogP contribution in [0.25, 0.3) is 0 Å². The van der Waals surface area contributed by atoms with Gasteiger partial charge >= 0.3 is 5.97 Å². The van der Waals surface area contributed by atoms with Gasteiger partial charge in [0.15, 0.2) is 0 Å². The molecule has 0 saturated carbocycles. The van der Waals surface area contributed by atoms with Gasteiger partial charge in [-0.05, 0) is 50.0 Å². The second kappa shape index (κ2) is 8.08. The fraction of sp³-hybridized carbons (Fsp3) is 0.188. The van der Waals surface area contributed by atoms with Gasteiger partial charge < -0.3 is 10.0 Å². The molecule has 2 rings (SSSR count). The topological polar surface area (TPSA) is 40.5 Å². The van der Waals surface area contributed by atoms with Crippen LogP contribution >= 0.6 is 24.2 Å². The van der Waals surface area contributed by atoms with Crippen molar-refractivity contribution >= 4 is 30.1 Å². The Morgan fingerprint density at radius 3 is 2.29 bits per heavy atom. The molecule has 2 aromatic rings. The lowest BCUT2D eigenvalue weighted by atomic mass is 10.2. The Balaban J connectivity index is 0.00000220. The summed E-state index contributed by atoms with van der Waals surface area (Å²) >= 11 is 1.66. The fourth-order valence-electron chi connectivity index (χ4n) is 1.87. The van der Waals surface area contributed by atoms with E-state index in [4.69, 9.17) is 5.11 Å². The molecule has 0 aromatic heterocycles. The van der Waals surface area contributed by atoms with E-state index in [9.17, 15) is 4.79 Å². The Labute approximate surface area is 135 Å². The van der Waals surface area contributed by atoms with Gasteiger partial charge in [-0.2, -0.15) is 0 Å². The van der Waals surface area contributed by atoms with Gasteiger partial charge in [0.1, 0.15) is 0 Å². The van der Waals surface area contributed by atoms with Gasteiger partial charge in [-0.25, -0.2) is 4.79 Å². The van der Waals surface area contributed by atoms with Gasteiger partial charge in [-0.3, -0.25) is 0 Å². The molecule has 3 nitrogen and oxygen atoms in total. The van der Waals surface area contributed by atoms with Crippen LogP contribution in [0.2, 0.25) is 0 Å². The van der Waals surface area contributed by atoms with E-state index in [0.29, 0.717) is 5.56 Å². The number of nitrogens with zero attached hydrogens (tertiary/aromatic N) is 1. The summed E-state index contributed by atoms with van der Waals surface area (Å²) < 4.78 is 0. The number of rotatable bonds is 5. The van der Waals surface area contributed by atoms with Gasteiger partial charge in [0.25, 0.3) is 0 Å². The average molecular weight is 324 g/mol. The number of aromatic carboxylic acids is 1. The molecule has 0 amide bonds. The van der Waals surface area contributed by atoms with Crippen LogP contribution in [0.3, 0.4) is 0 Å². The van der Waals surface area contributed by atoms with Crippen LogP contribution in [0.1, 0.15) is 15.9 Å². The molecule has 0 spiro atoms. The second-order valence-electron chi connectivity index (χ2n) is 4.78. The average Bonchev–Trinajstić information content (AvgIpc) is 2.41. The molecule has 0 fully saturated rings. The van der Waals surface area contributed by atoms with Crippen molar-refractivity contribution in [2.45, 2.75) is 16.3 Å². The second-order valence-corrected chi connectivity index (χ2v) is 5.89. The zero-order valence-electron chi connectivity index (χ0n) is 11.9. The number of hydrogen-bond donors (Lipinski definition) is 1. The Morgan fingerprint density at radius 2 is 1.71 bits per heavy atom. The van der Waals surface area contributed by atoms with Gasteiger partial charge in [-0.1, -0.05) is 30.0 Å². The molecule has 0 heterocycles. The normalized spacial score (nSPS) is 10.2. The fourth-order valence-corrected chi connectivity index (χ4v) is 2.80. The molecule has 2 aromatic carbocycles. The quantitative estimate of drug-likeness (QED) is 0.902. The van der Waals surface area contributed by atoms with E-state index in [1.165, 1.54) is 10.5 Å².